The molecule has 0 unspecified atom stereocenters. The number of likely N-dealkylation sites (tertiary alicyclic amines) is 1. The van der Waals surface area contributed by atoms with E-state index in [9.17, 15) is 5.11 Å². The fourth-order valence-electron chi connectivity index (χ4n) is 4.23. The molecule has 2 fully saturated rings. The molecule has 2 rings (SSSR count). The van der Waals surface area contributed by atoms with Gasteiger partial charge in [0.25, 0.3) is 0 Å². The zero-order valence-electron chi connectivity index (χ0n) is 14.5. The number of hydrogen-bond acceptors (Lipinski definition) is 3. The summed E-state index contributed by atoms with van der Waals surface area (Å²) in [5, 5.41) is 10.2. The molecule has 1 aliphatic carbocycles. The Morgan fingerprint density at radius 2 is 1.81 bits per heavy atom. The van der Waals surface area contributed by atoms with Crippen LogP contribution in [-0.2, 0) is 4.74 Å². The predicted molar refractivity (Wildman–Crippen MR) is 87.4 cm³/mol. The molecular weight excluding hydrogens is 262 g/mol. The number of β-amino-alcohol motifs (C(OH)–C–C–N with tert-alkyl or cyclic N) is 1. The summed E-state index contributed by atoms with van der Waals surface area (Å²) in [7, 11) is 0. The third kappa shape index (κ3) is 5.88. The van der Waals surface area contributed by atoms with Gasteiger partial charge in [0.15, 0.2) is 0 Å². The topological polar surface area (TPSA) is 32.7 Å². The standard InChI is InChI=1S/C18H35NO2/c1-14-5-7-19(8-6-14)12-16(20)13-21-17-9-15(2)10-18(3,4)11-17/h14-17,20H,5-13H2,1-4H3/t15-,16-,17+/m0/s1. The fourth-order valence-corrected chi connectivity index (χ4v) is 4.23. The van der Waals surface area contributed by atoms with Gasteiger partial charge in [0.1, 0.15) is 0 Å². The highest BCUT2D eigenvalue weighted by Crippen LogP contribution is 2.39. The molecule has 1 saturated carbocycles. The lowest BCUT2D eigenvalue weighted by atomic mass is 9.71. The van der Waals surface area contributed by atoms with Crippen LogP contribution in [0.5, 0.6) is 0 Å². The highest BCUT2D eigenvalue weighted by molar-refractivity contribution is 4.83. The number of piperidine rings is 1. The normalized spacial score (nSPS) is 33.0. The van der Waals surface area contributed by atoms with Crippen molar-refractivity contribution in [3.8, 4) is 0 Å². The number of hydrogen-bond donors (Lipinski definition) is 1. The monoisotopic (exact) mass is 297 g/mol. The maximum absolute atomic E-state index is 10.2. The second-order valence-electron chi connectivity index (χ2n) is 8.51. The van der Waals surface area contributed by atoms with E-state index in [1.54, 1.807) is 0 Å². The van der Waals surface area contributed by atoms with E-state index in [4.69, 9.17) is 4.74 Å². The second-order valence-corrected chi connectivity index (χ2v) is 8.51. The van der Waals surface area contributed by atoms with Gasteiger partial charge in [-0.15, -0.1) is 0 Å². The molecule has 1 saturated heterocycles. The van der Waals surface area contributed by atoms with E-state index >= 15 is 0 Å². The highest BCUT2D eigenvalue weighted by Gasteiger charge is 2.32. The first-order chi connectivity index (χ1) is 9.84. The smallest absolute Gasteiger partial charge is 0.0900 e. The molecule has 3 nitrogen and oxygen atoms in total. The molecule has 1 heterocycles. The van der Waals surface area contributed by atoms with E-state index in [1.165, 1.54) is 19.3 Å². The van der Waals surface area contributed by atoms with Gasteiger partial charge in [0.2, 0.25) is 0 Å². The van der Waals surface area contributed by atoms with Gasteiger partial charge < -0.3 is 14.7 Å². The number of rotatable bonds is 5. The van der Waals surface area contributed by atoms with Crippen molar-refractivity contribution in [1.82, 2.24) is 4.90 Å². The summed E-state index contributed by atoms with van der Waals surface area (Å²) < 4.78 is 6.04. The molecule has 0 aromatic rings. The van der Waals surface area contributed by atoms with Crippen LogP contribution in [0.2, 0.25) is 0 Å². The van der Waals surface area contributed by atoms with Gasteiger partial charge in [-0.25, -0.2) is 0 Å². The van der Waals surface area contributed by atoms with Gasteiger partial charge in [-0.3, -0.25) is 0 Å². The van der Waals surface area contributed by atoms with E-state index in [0.29, 0.717) is 18.1 Å². The average Bonchev–Trinajstić information content (AvgIpc) is 2.37. The molecule has 0 spiro atoms. The van der Waals surface area contributed by atoms with Gasteiger partial charge in [0.05, 0.1) is 18.8 Å². The van der Waals surface area contributed by atoms with Crippen molar-refractivity contribution in [2.75, 3.05) is 26.2 Å². The Morgan fingerprint density at radius 1 is 1.14 bits per heavy atom. The number of aliphatic hydroxyl groups excluding tert-OH is 1. The van der Waals surface area contributed by atoms with Crippen molar-refractivity contribution in [2.45, 2.75) is 72.0 Å². The third-order valence-corrected chi connectivity index (χ3v) is 5.22. The van der Waals surface area contributed by atoms with Crippen molar-refractivity contribution >= 4 is 0 Å². The summed E-state index contributed by atoms with van der Waals surface area (Å²) in [5.41, 5.74) is 0.385. The van der Waals surface area contributed by atoms with E-state index in [1.807, 2.05) is 0 Å². The molecule has 3 atom stereocenters. The summed E-state index contributed by atoms with van der Waals surface area (Å²) in [5.74, 6) is 1.58. The molecule has 1 aliphatic heterocycles. The average molecular weight is 297 g/mol. The molecule has 0 aromatic carbocycles. The van der Waals surface area contributed by atoms with Gasteiger partial charge >= 0.3 is 0 Å². The van der Waals surface area contributed by atoms with E-state index in [0.717, 1.165) is 44.3 Å². The SMILES string of the molecule is CC1CCN(C[C@H](O)CO[C@@H]2C[C@H](C)CC(C)(C)C2)CC1. The quantitative estimate of drug-likeness (QED) is 0.845. The van der Waals surface area contributed by atoms with Crippen molar-refractivity contribution < 1.29 is 9.84 Å². The van der Waals surface area contributed by atoms with Crippen LogP contribution in [0.3, 0.4) is 0 Å². The molecule has 0 bridgehead atoms. The van der Waals surface area contributed by atoms with Crippen molar-refractivity contribution in [3.63, 3.8) is 0 Å². The number of ether oxygens (including phenoxy) is 1. The minimum Gasteiger partial charge on any atom is -0.389 e. The Balaban J connectivity index is 1.67. The Morgan fingerprint density at radius 3 is 2.43 bits per heavy atom. The van der Waals surface area contributed by atoms with Gasteiger partial charge in [-0.1, -0.05) is 27.7 Å². The van der Waals surface area contributed by atoms with Crippen molar-refractivity contribution in [2.24, 2.45) is 17.3 Å². The van der Waals surface area contributed by atoms with E-state index in [-0.39, 0.29) is 6.10 Å². The van der Waals surface area contributed by atoms with Crippen LogP contribution in [0.25, 0.3) is 0 Å². The maximum Gasteiger partial charge on any atom is 0.0900 e. The molecule has 3 heteroatoms. The first-order valence-electron chi connectivity index (χ1n) is 8.86. The summed E-state index contributed by atoms with van der Waals surface area (Å²) in [4.78, 5) is 2.39. The van der Waals surface area contributed by atoms with E-state index in [2.05, 4.69) is 32.6 Å². The lowest BCUT2D eigenvalue weighted by molar-refractivity contribution is -0.0626. The van der Waals surface area contributed by atoms with Crippen molar-refractivity contribution in [1.29, 1.82) is 0 Å². The number of nitrogens with zero attached hydrogens (tertiary/aromatic N) is 1. The Hall–Kier alpha value is -0.120. The van der Waals surface area contributed by atoms with Crippen molar-refractivity contribution in [3.05, 3.63) is 0 Å². The molecule has 21 heavy (non-hydrogen) atoms. The van der Waals surface area contributed by atoms with Crippen LogP contribution < -0.4 is 0 Å². The minimum absolute atomic E-state index is 0.333. The van der Waals surface area contributed by atoms with Gasteiger partial charge in [-0.05, 0) is 62.4 Å². The molecule has 2 aliphatic rings. The minimum atomic E-state index is -0.334. The largest absolute Gasteiger partial charge is 0.389 e. The Bertz CT molecular complexity index is 310. The third-order valence-electron chi connectivity index (χ3n) is 5.22. The zero-order valence-corrected chi connectivity index (χ0v) is 14.5. The molecule has 124 valence electrons. The summed E-state index contributed by atoms with van der Waals surface area (Å²) in [6.45, 7) is 12.9. The molecule has 0 aromatic heterocycles. The zero-order chi connectivity index (χ0) is 15.5. The van der Waals surface area contributed by atoms with Crippen LogP contribution >= 0.6 is 0 Å². The summed E-state index contributed by atoms with van der Waals surface area (Å²) in [6, 6.07) is 0. The molecular formula is C18H35NO2. The highest BCUT2D eigenvalue weighted by atomic mass is 16.5. The molecule has 1 N–H and O–H groups in total. The predicted octanol–water partition coefficient (Wildman–Crippen LogP) is 3.31. The lowest BCUT2D eigenvalue weighted by Crippen LogP contribution is -2.41. The summed E-state index contributed by atoms with van der Waals surface area (Å²) >= 11 is 0. The summed E-state index contributed by atoms with van der Waals surface area (Å²) in [6.07, 6.45) is 6.10. The molecule has 0 amide bonds. The fraction of sp³-hybridized carbons (Fsp3) is 1.00. The lowest BCUT2D eigenvalue weighted by Gasteiger charge is -2.39. The Labute approximate surface area is 131 Å². The van der Waals surface area contributed by atoms with E-state index < -0.39 is 0 Å². The first kappa shape index (κ1) is 17.2. The molecule has 0 radical (unpaired) electrons. The van der Waals surface area contributed by atoms with Crippen LogP contribution in [0.15, 0.2) is 0 Å². The van der Waals surface area contributed by atoms with Crippen LogP contribution in [0.1, 0.15) is 59.8 Å². The van der Waals surface area contributed by atoms with Crippen LogP contribution in [0, 0.1) is 17.3 Å². The number of aliphatic hydroxyl groups is 1. The van der Waals surface area contributed by atoms with Crippen LogP contribution in [0.4, 0.5) is 0 Å². The second kappa shape index (κ2) is 7.43. The van der Waals surface area contributed by atoms with Gasteiger partial charge in [0, 0.05) is 6.54 Å². The van der Waals surface area contributed by atoms with Crippen LogP contribution in [-0.4, -0.2) is 48.5 Å². The van der Waals surface area contributed by atoms with Gasteiger partial charge in [-0.2, -0.15) is 0 Å². The first-order valence-corrected chi connectivity index (χ1v) is 8.86. The maximum atomic E-state index is 10.2. The Kier molecular flexibility index (Phi) is 6.10.